The summed E-state index contributed by atoms with van der Waals surface area (Å²) in [6, 6.07) is 5.25. The normalized spacial score (nSPS) is 26.6. The van der Waals surface area contributed by atoms with Gasteiger partial charge in [0.2, 0.25) is 12.7 Å². The fraction of sp³-hybridized carbons (Fsp3) is 0.600. The lowest BCUT2D eigenvalue weighted by molar-refractivity contribution is -0.140. The molecule has 2 amide bonds. The van der Waals surface area contributed by atoms with Crippen molar-refractivity contribution in [1.82, 2.24) is 9.80 Å². The summed E-state index contributed by atoms with van der Waals surface area (Å²) in [6.07, 6.45) is 3.91. The second kappa shape index (κ2) is 8.17. The van der Waals surface area contributed by atoms with Gasteiger partial charge in [-0.3, -0.25) is 9.59 Å². The van der Waals surface area contributed by atoms with Gasteiger partial charge in [0, 0.05) is 37.3 Å². The van der Waals surface area contributed by atoms with Crippen LogP contribution in [-0.2, 0) is 4.79 Å². The van der Waals surface area contributed by atoms with Gasteiger partial charge in [0.05, 0.1) is 5.92 Å². The molecule has 1 saturated carbocycles. The van der Waals surface area contributed by atoms with Gasteiger partial charge in [0.1, 0.15) is 0 Å². The van der Waals surface area contributed by atoms with Gasteiger partial charge < -0.3 is 25.0 Å². The molecule has 1 saturated heterocycles. The van der Waals surface area contributed by atoms with Crippen molar-refractivity contribution < 1.29 is 19.1 Å². The minimum Gasteiger partial charge on any atom is -0.454 e. The van der Waals surface area contributed by atoms with Crippen molar-refractivity contribution in [3.8, 4) is 11.5 Å². The average Bonchev–Trinajstić information content (AvgIpc) is 3.14. The maximum Gasteiger partial charge on any atom is 0.254 e. The summed E-state index contributed by atoms with van der Waals surface area (Å²) in [5.74, 6) is 1.27. The minimum atomic E-state index is -0.422. The van der Waals surface area contributed by atoms with Crippen molar-refractivity contribution in [2.75, 3.05) is 33.0 Å². The number of rotatable bonds is 2. The van der Waals surface area contributed by atoms with Gasteiger partial charge in [-0.15, -0.1) is 12.4 Å². The fourth-order valence-electron chi connectivity index (χ4n) is 4.33. The molecule has 2 atom stereocenters. The Bertz CT molecular complexity index is 747. The molecule has 2 aliphatic heterocycles. The first-order valence-corrected chi connectivity index (χ1v) is 9.72. The lowest BCUT2D eigenvalue weighted by Crippen LogP contribution is -2.57. The highest BCUT2D eigenvalue weighted by Crippen LogP contribution is 2.34. The molecule has 0 bridgehead atoms. The van der Waals surface area contributed by atoms with Gasteiger partial charge in [-0.25, -0.2) is 0 Å². The summed E-state index contributed by atoms with van der Waals surface area (Å²) in [7, 11) is 0. The molecule has 4 rings (SSSR count). The topological polar surface area (TPSA) is 85.1 Å². The molecule has 28 heavy (non-hydrogen) atoms. The lowest BCUT2D eigenvalue weighted by Gasteiger charge is -2.42. The summed E-state index contributed by atoms with van der Waals surface area (Å²) >= 11 is 0. The van der Waals surface area contributed by atoms with Gasteiger partial charge in [-0.2, -0.15) is 0 Å². The molecule has 2 fully saturated rings. The van der Waals surface area contributed by atoms with E-state index in [1.807, 2.05) is 11.8 Å². The van der Waals surface area contributed by atoms with Crippen LogP contribution >= 0.6 is 12.4 Å². The number of nitrogens with two attached hydrogens (primary N) is 1. The van der Waals surface area contributed by atoms with Crippen LogP contribution in [0.2, 0.25) is 0 Å². The molecule has 7 nitrogen and oxygen atoms in total. The third-order valence-electron chi connectivity index (χ3n) is 6.05. The smallest absolute Gasteiger partial charge is 0.254 e. The zero-order valence-electron chi connectivity index (χ0n) is 16.2. The number of hydrogen-bond acceptors (Lipinski definition) is 5. The third-order valence-corrected chi connectivity index (χ3v) is 6.05. The Kier molecular flexibility index (Phi) is 6.05. The highest BCUT2D eigenvalue weighted by molar-refractivity contribution is 5.95. The van der Waals surface area contributed by atoms with E-state index in [0.717, 1.165) is 25.7 Å². The van der Waals surface area contributed by atoms with Crippen LogP contribution in [0, 0.1) is 5.92 Å². The van der Waals surface area contributed by atoms with Crippen molar-refractivity contribution in [3.63, 3.8) is 0 Å². The van der Waals surface area contributed by atoms with Gasteiger partial charge >= 0.3 is 0 Å². The van der Waals surface area contributed by atoms with Crippen LogP contribution in [0.3, 0.4) is 0 Å². The number of ether oxygens (including phenoxy) is 2. The molecule has 2 N–H and O–H groups in total. The van der Waals surface area contributed by atoms with E-state index in [9.17, 15) is 9.59 Å². The second-order valence-corrected chi connectivity index (χ2v) is 7.99. The number of piperazine rings is 1. The highest BCUT2D eigenvalue weighted by Gasteiger charge is 2.40. The molecule has 3 aliphatic rings. The number of fused-ring (bicyclic) bond motifs is 1. The lowest BCUT2D eigenvalue weighted by atomic mass is 9.74. The van der Waals surface area contributed by atoms with Crippen molar-refractivity contribution in [2.24, 2.45) is 11.7 Å². The van der Waals surface area contributed by atoms with E-state index in [1.54, 1.807) is 23.1 Å². The molecule has 1 aliphatic carbocycles. The molecular weight excluding hydrogens is 382 g/mol. The highest BCUT2D eigenvalue weighted by atomic mass is 35.5. The molecule has 1 aromatic carbocycles. The van der Waals surface area contributed by atoms with E-state index in [4.69, 9.17) is 15.2 Å². The van der Waals surface area contributed by atoms with Gasteiger partial charge in [-0.1, -0.05) is 12.8 Å². The summed E-state index contributed by atoms with van der Waals surface area (Å²) in [6.45, 7) is 4.37. The first-order chi connectivity index (χ1) is 13.0. The zero-order valence-corrected chi connectivity index (χ0v) is 17.0. The Morgan fingerprint density at radius 3 is 2.46 bits per heavy atom. The van der Waals surface area contributed by atoms with E-state index in [-0.39, 0.29) is 36.9 Å². The zero-order chi connectivity index (χ0) is 19.0. The molecule has 154 valence electrons. The van der Waals surface area contributed by atoms with E-state index in [1.165, 1.54) is 0 Å². The predicted octanol–water partition coefficient (Wildman–Crippen LogP) is 2.03. The SMILES string of the molecule is CC1(N)CCCCC1C(=O)N1CCN(C(=O)c2ccc3c(c2)OCO3)CC1.Cl. The molecule has 0 spiro atoms. The van der Waals surface area contributed by atoms with Crippen LogP contribution in [-0.4, -0.2) is 60.1 Å². The van der Waals surface area contributed by atoms with Crippen molar-refractivity contribution in [2.45, 2.75) is 38.1 Å². The van der Waals surface area contributed by atoms with Crippen LogP contribution in [0.4, 0.5) is 0 Å². The number of hydrogen-bond donors (Lipinski definition) is 1. The predicted molar refractivity (Wildman–Crippen MR) is 107 cm³/mol. The fourth-order valence-corrected chi connectivity index (χ4v) is 4.33. The third kappa shape index (κ3) is 3.91. The number of nitrogens with zero attached hydrogens (tertiary/aromatic N) is 2. The second-order valence-electron chi connectivity index (χ2n) is 7.99. The Morgan fingerprint density at radius 2 is 1.75 bits per heavy atom. The largest absolute Gasteiger partial charge is 0.454 e. The average molecular weight is 410 g/mol. The van der Waals surface area contributed by atoms with E-state index < -0.39 is 5.54 Å². The molecule has 2 unspecified atom stereocenters. The van der Waals surface area contributed by atoms with Gasteiger partial charge in [-0.05, 0) is 38.0 Å². The van der Waals surface area contributed by atoms with Crippen LogP contribution in [0.5, 0.6) is 11.5 Å². The number of carbonyl (C=O) groups is 2. The van der Waals surface area contributed by atoms with E-state index in [2.05, 4.69) is 0 Å². The standard InChI is InChI=1S/C20H27N3O4.ClH/c1-20(21)7-3-2-4-15(20)19(25)23-10-8-22(9-11-23)18(24)14-5-6-16-17(12-14)27-13-26-16;/h5-6,12,15H,2-4,7-11,13,21H2,1H3;1H. The van der Waals surface area contributed by atoms with Crippen molar-refractivity contribution in [3.05, 3.63) is 23.8 Å². The number of benzene rings is 1. The molecule has 2 heterocycles. The first kappa shape index (κ1) is 20.7. The summed E-state index contributed by atoms with van der Waals surface area (Å²) in [4.78, 5) is 29.4. The minimum absolute atomic E-state index is 0. The number of carbonyl (C=O) groups excluding carboxylic acids is 2. The molecule has 1 aromatic rings. The quantitative estimate of drug-likeness (QED) is 0.807. The monoisotopic (exact) mass is 409 g/mol. The van der Waals surface area contributed by atoms with Gasteiger partial charge in [0.15, 0.2) is 11.5 Å². The summed E-state index contributed by atoms with van der Waals surface area (Å²) < 4.78 is 10.6. The molecule has 0 aromatic heterocycles. The Hall–Kier alpha value is -1.99. The van der Waals surface area contributed by atoms with Crippen molar-refractivity contribution in [1.29, 1.82) is 0 Å². The van der Waals surface area contributed by atoms with E-state index in [0.29, 0.717) is 43.2 Å². The molecule has 0 radical (unpaired) electrons. The maximum absolute atomic E-state index is 13.0. The maximum atomic E-state index is 13.0. The Labute approximate surface area is 171 Å². The Balaban J connectivity index is 0.00000225. The van der Waals surface area contributed by atoms with E-state index >= 15 is 0 Å². The van der Waals surface area contributed by atoms with Crippen LogP contribution in [0.15, 0.2) is 18.2 Å². The van der Waals surface area contributed by atoms with Crippen LogP contribution in [0.1, 0.15) is 43.0 Å². The van der Waals surface area contributed by atoms with Gasteiger partial charge in [0.25, 0.3) is 5.91 Å². The van der Waals surface area contributed by atoms with Crippen LogP contribution in [0.25, 0.3) is 0 Å². The molecular formula is C20H28ClN3O4. The van der Waals surface area contributed by atoms with Crippen molar-refractivity contribution >= 4 is 24.2 Å². The Morgan fingerprint density at radius 1 is 1.07 bits per heavy atom. The molecule has 8 heteroatoms. The van der Waals surface area contributed by atoms with Crippen LogP contribution < -0.4 is 15.2 Å². The number of halogens is 1. The summed E-state index contributed by atoms with van der Waals surface area (Å²) in [5.41, 5.74) is 6.55. The summed E-state index contributed by atoms with van der Waals surface area (Å²) in [5, 5.41) is 0. The first-order valence-electron chi connectivity index (χ1n) is 9.72. The number of amides is 2.